The fraction of sp³-hybridized carbons (Fsp3) is 0.370. The van der Waals surface area contributed by atoms with Gasteiger partial charge in [0.15, 0.2) is 0 Å². The summed E-state index contributed by atoms with van der Waals surface area (Å²) in [5.41, 5.74) is 3.59. The molecule has 2 aliphatic rings. The van der Waals surface area contributed by atoms with E-state index in [4.69, 9.17) is 4.74 Å². The van der Waals surface area contributed by atoms with E-state index in [1.807, 2.05) is 36.4 Å². The van der Waals surface area contributed by atoms with Crippen molar-refractivity contribution in [1.82, 2.24) is 10.6 Å². The van der Waals surface area contributed by atoms with E-state index in [2.05, 4.69) is 34.9 Å². The van der Waals surface area contributed by atoms with Crippen LogP contribution in [0, 0.1) is 11.3 Å². The van der Waals surface area contributed by atoms with Gasteiger partial charge in [-0.15, -0.1) is 0 Å². The Morgan fingerprint density at radius 1 is 1.03 bits per heavy atom. The second-order valence-corrected chi connectivity index (χ2v) is 9.58. The summed E-state index contributed by atoms with van der Waals surface area (Å²) in [5, 5.41) is 14.8. The van der Waals surface area contributed by atoms with Crippen LogP contribution in [0.25, 0.3) is 11.1 Å². The summed E-state index contributed by atoms with van der Waals surface area (Å²) in [7, 11) is 0. The number of allylic oxidation sites excluding steroid dienone is 1. The smallest absolute Gasteiger partial charge is 0.407 e. The first-order valence-electron chi connectivity index (χ1n) is 11.6. The molecule has 0 radical (unpaired) electrons. The van der Waals surface area contributed by atoms with Crippen LogP contribution >= 0.6 is 0 Å². The van der Waals surface area contributed by atoms with Gasteiger partial charge in [0.1, 0.15) is 6.61 Å². The molecule has 0 bridgehead atoms. The van der Waals surface area contributed by atoms with Gasteiger partial charge in [0.05, 0.1) is 11.5 Å². The van der Waals surface area contributed by atoms with Gasteiger partial charge in [-0.1, -0.05) is 60.7 Å². The van der Waals surface area contributed by atoms with Crippen LogP contribution in [0.1, 0.15) is 43.7 Å². The van der Waals surface area contributed by atoms with E-state index in [1.165, 1.54) is 11.1 Å². The lowest BCUT2D eigenvalue weighted by atomic mass is 9.89. The summed E-state index contributed by atoms with van der Waals surface area (Å²) in [4.78, 5) is 36.4. The molecule has 0 heterocycles. The maximum absolute atomic E-state index is 12.6. The zero-order chi connectivity index (χ0) is 24.3. The van der Waals surface area contributed by atoms with Crippen LogP contribution < -0.4 is 10.6 Å². The Balaban J connectivity index is 1.31. The van der Waals surface area contributed by atoms with Gasteiger partial charge in [-0.2, -0.15) is 0 Å². The molecule has 2 unspecified atom stereocenters. The molecular formula is C27H30N2O5. The number of ether oxygens (including phenoxy) is 1. The standard InChI is InChI=1S/C27H30N2O5/c1-27(2,25(31)32)16-28-24(30)17-8-7-9-18(14-17)29-26(33)34-15-23-21-12-5-3-10-19(21)20-11-4-6-13-22(20)23/h3-7,9-13,17-18,23H,8,14-16H2,1-2H3,(H,28,30)(H,29,33)(H,31,32). The Morgan fingerprint density at radius 3 is 2.26 bits per heavy atom. The Hall–Kier alpha value is -3.61. The molecule has 2 amide bonds. The molecule has 2 aliphatic carbocycles. The zero-order valence-corrected chi connectivity index (χ0v) is 19.4. The highest BCUT2D eigenvalue weighted by atomic mass is 16.5. The lowest BCUT2D eigenvalue weighted by Crippen LogP contribution is -2.44. The number of alkyl carbamates (subject to hydrolysis) is 1. The summed E-state index contributed by atoms with van der Waals surface area (Å²) in [6.07, 6.45) is 4.18. The number of aliphatic carboxylic acids is 1. The molecule has 7 nitrogen and oxygen atoms in total. The fourth-order valence-electron chi connectivity index (χ4n) is 4.53. The van der Waals surface area contributed by atoms with E-state index in [-0.39, 0.29) is 36.9 Å². The highest BCUT2D eigenvalue weighted by Gasteiger charge is 2.32. The molecule has 2 atom stereocenters. The third kappa shape index (κ3) is 4.98. The molecule has 3 N–H and O–H groups in total. The molecule has 7 heteroatoms. The van der Waals surface area contributed by atoms with Gasteiger partial charge in [0.25, 0.3) is 0 Å². The van der Waals surface area contributed by atoms with Crippen molar-refractivity contribution in [2.24, 2.45) is 11.3 Å². The molecule has 178 valence electrons. The number of amides is 2. The minimum absolute atomic E-state index is 0.0174. The molecular weight excluding hydrogens is 432 g/mol. The number of nitrogens with one attached hydrogen (secondary N) is 2. The van der Waals surface area contributed by atoms with Crippen LogP contribution in [0.5, 0.6) is 0 Å². The molecule has 0 saturated carbocycles. The number of rotatable bonds is 7. The van der Waals surface area contributed by atoms with E-state index < -0.39 is 17.5 Å². The van der Waals surface area contributed by atoms with Crippen molar-refractivity contribution in [3.8, 4) is 11.1 Å². The van der Waals surface area contributed by atoms with Crippen LogP contribution in [0.3, 0.4) is 0 Å². The van der Waals surface area contributed by atoms with Crippen LogP contribution in [0.4, 0.5) is 4.79 Å². The first-order valence-corrected chi connectivity index (χ1v) is 11.6. The minimum Gasteiger partial charge on any atom is -0.481 e. The van der Waals surface area contributed by atoms with Crippen molar-refractivity contribution in [1.29, 1.82) is 0 Å². The van der Waals surface area contributed by atoms with Crippen molar-refractivity contribution in [3.63, 3.8) is 0 Å². The number of hydrogen-bond donors (Lipinski definition) is 3. The average Bonchev–Trinajstić information content (AvgIpc) is 3.15. The second kappa shape index (κ2) is 9.71. The average molecular weight is 463 g/mol. The van der Waals surface area contributed by atoms with Gasteiger partial charge in [-0.3, -0.25) is 9.59 Å². The number of carbonyl (C=O) groups excluding carboxylic acids is 2. The summed E-state index contributed by atoms with van der Waals surface area (Å²) in [5.74, 6) is -1.53. The van der Waals surface area contributed by atoms with E-state index in [0.717, 1.165) is 11.1 Å². The van der Waals surface area contributed by atoms with Crippen molar-refractivity contribution >= 4 is 18.0 Å². The molecule has 0 aliphatic heterocycles. The highest BCUT2D eigenvalue weighted by molar-refractivity contribution is 5.81. The third-order valence-corrected chi connectivity index (χ3v) is 6.63. The quantitative estimate of drug-likeness (QED) is 0.538. The van der Waals surface area contributed by atoms with E-state index in [9.17, 15) is 19.5 Å². The summed E-state index contributed by atoms with van der Waals surface area (Å²) in [6.45, 7) is 3.41. The summed E-state index contributed by atoms with van der Waals surface area (Å²) < 4.78 is 5.61. The molecule has 2 aromatic rings. The number of carboxylic acid groups (broad SMARTS) is 1. The topological polar surface area (TPSA) is 105 Å². The lowest BCUT2D eigenvalue weighted by molar-refractivity contribution is -0.146. The van der Waals surface area contributed by atoms with Gasteiger partial charge in [0, 0.05) is 18.4 Å². The van der Waals surface area contributed by atoms with E-state index in [1.54, 1.807) is 13.8 Å². The van der Waals surface area contributed by atoms with Gasteiger partial charge in [-0.05, 0) is 48.9 Å². The van der Waals surface area contributed by atoms with Gasteiger partial charge in [-0.25, -0.2) is 4.79 Å². The Kier molecular flexibility index (Phi) is 6.72. The number of carbonyl (C=O) groups is 3. The van der Waals surface area contributed by atoms with Crippen LogP contribution in [0.2, 0.25) is 0 Å². The van der Waals surface area contributed by atoms with Gasteiger partial charge in [0.2, 0.25) is 5.91 Å². The van der Waals surface area contributed by atoms with Crippen molar-refractivity contribution in [2.45, 2.75) is 38.6 Å². The first kappa shape index (κ1) is 23.5. The maximum atomic E-state index is 12.6. The fourth-order valence-corrected chi connectivity index (χ4v) is 4.53. The number of fused-ring (bicyclic) bond motifs is 3. The summed E-state index contributed by atoms with van der Waals surface area (Å²) in [6, 6.07) is 16.0. The van der Waals surface area contributed by atoms with Crippen molar-refractivity contribution in [3.05, 3.63) is 71.8 Å². The SMILES string of the molecule is CC(C)(CNC(=O)C1CC=CC(NC(=O)OCC2c3ccccc3-c3ccccc32)C1)C(=O)O. The van der Waals surface area contributed by atoms with E-state index in [0.29, 0.717) is 12.8 Å². The third-order valence-electron chi connectivity index (χ3n) is 6.63. The number of benzene rings is 2. The Bertz CT molecular complexity index is 1080. The normalized spacial score (nSPS) is 19.1. The Labute approximate surface area is 199 Å². The molecule has 0 saturated heterocycles. The van der Waals surface area contributed by atoms with Crippen LogP contribution in [-0.2, 0) is 14.3 Å². The second-order valence-electron chi connectivity index (χ2n) is 9.58. The number of carboxylic acids is 1. The number of hydrogen-bond acceptors (Lipinski definition) is 4. The monoisotopic (exact) mass is 462 g/mol. The predicted octanol–water partition coefficient (Wildman–Crippen LogP) is 4.09. The summed E-state index contributed by atoms with van der Waals surface area (Å²) >= 11 is 0. The molecule has 34 heavy (non-hydrogen) atoms. The molecule has 0 fully saturated rings. The highest BCUT2D eigenvalue weighted by Crippen LogP contribution is 2.44. The molecule has 4 rings (SSSR count). The van der Waals surface area contributed by atoms with E-state index >= 15 is 0 Å². The van der Waals surface area contributed by atoms with Crippen LogP contribution in [-0.4, -0.2) is 42.3 Å². The van der Waals surface area contributed by atoms with Crippen molar-refractivity contribution in [2.75, 3.05) is 13.2 Å². The Morgan fingerprint density at radius 2 is 1.65 bits per heavy atom. The molecule has 0 spiro atoms. The zero-order valence-electron chi connectivity index (χ0n) is 19.4. The first-order chi connectivity index (χ1) is 16.3. The van der Waals surface area contributed by atoms with Gasteiger partial charge < -0.3 is 20.5 Å². The largest absolute Gasteiger partial charge is 0.481 e. The molecule has 2 aromatic carbocycles. The lowest BCUT2D eigenvalue weighted by Gasteiger charge is -2.26. The van der Waals surface area contributed by atoms with Crippen molar-refractivity contribution < 1.29 is 24.2 Å². The predicted molar refractivity (Wildman–Crippen MR) is 128 cm³/mol. The van der Waals surface area contributed by atoms with Crippen LogP contribution in [0.15, 0.2) is 60.7 Å². The minimum atomic E-state index is -1.04. The molecule has 0 aromatic heterocycles. The maximum Gasteiger partial charge on any atom is 0.407 e. The van der Waals surface area contributed by atoms with Gasteiger partial charge >= 0.3 is 12.1 Å².